The quantitative estimate of drug-likeness (QED) is 0.877. The minimum atomic E-state index is -0.598. The molecule has 2 rings (SSSR count). The van der Waals surface area contributed by atoms with Crippen LogP contribution in [0.25, 0.3) is 11.3 Å². The Morgan fingerprint density at radius 3 is 2.67 bits per heavy atom. The van der Waals surface area contributed by atoms with Crippen LogP contribution in [-0.2, 0) is 4.74 Å². The Kier molecular flexibility index (Phi) is 4.09. The van der Waals surface area contributed by atoms with Crippen molar-refractivity contribution in [3.8, 4) is 11.3 Å². The molecule has 6 nitrogen and oxygen atoms in total. The minimum Gasteiger partial charge on any atom is -0.444 e. The van der Waals surface area contributed by atoms with Crippen molar-refractivity contribution in [2.24, 2.45) is 0 Å². The fraction of sp³-hybridized carbons (Fsp3) is 0.286. The lowest BCUT2D eigenvalue weighted by Gasteiger charge is -2.20. The lowest BCUT2D eigenvalue weighted by molar-refractivity contribution is 0.0636. The second-order valence-corrected chi connectivity index (χ2v) is 5.87. The van der Waals surface area contributed by atoms with E-state index >= 15 is 0 Å². The van der Waals surface area contributed by atoms with E-state index in [0.29, 0.717) is 22.0 Å². The summed E-state index contributed by atoms with van der Waals surface area (Å²) >= 11 is 5.96. The molecule has 112 valence electrons. The van der Waals surface area contributed by atoms with Crippen LogP contribution in [0.3, 0.4) is 0 Å². The van der Waals surface area contributed by atoms with Crippen molar-refractivity contribution < 1.29 is 14.1 Å². The Morgan fingerprint density at radius 2 is 2.10 bits per heavy atom. The van der Waals surface area contributed by atoms with Crippen LogP contribution in [0, 0.1) is 0 Å². The molecule has 0 fully saturated rings. The Balaban J connectivity index is 2.30. The van der Waals surface area contributed by atoms with E-state index in [4.69, 9.17) is 26.6 Å². The van der Waals surface area contributed by atoms with Gasteiger partial charge in [0.05, 0.1) is 5.69 Å². The molecule has 7 heteroatoms. The minimum absolute atomic E-state index is 0.253. The fourth-order valence-corrected chi connectivity index (χ4v) is 1.84. The smallest absolute Gasteiger partial charge is 0.412 e. The van der Waals surface area contributed by atoms with Gasteiger partial charge in [-0.25, -0.2) is 4.79 Å². The van der Waals surface area contributed by atoms with E-state index < -0.39 is 11.7 Å². The van der Waals surface area contributed by atoms with Gasteiger partial charge in [0.1, 0.15) is 5.60 Å². The van der Waals surface area contributed by atoms with Crippen molar-refractivity contribution in [1.82, 2.24) is 5.16 Å². The number of hydrogen-bond donors (Lipinski definition) is 2. The van der Waals surface area contributed by atoms with Crippen LogP contribution in [0.1, 0.15) is 20.8 Å². The van der Waals surface area contributed by atoms with Crippen molar-refractivity contribution in [3.63, 3.8) is 0 Å². The van der Waals surface area contributed by atoms with Crippen molar-refractivity contribution >= 4 is 29.2 Å². The first-order chi connectivity index (χ1) is 9.74. The third-order valence-electron chi connectivity index (χ3n) is 2.41. The van der Waals surface area contributed by atoms with Crippen LogP contribution < -0.4 is 11.1 Å². The molecule has 0 aliphatic carbocycles. The van der Waals surface area contributed by atoms with Gasteiger partial charge in [0.2, 0.25) is 0 Å². The lowest BCUT2D eigenvalue weighted by atomic mass is 10.1. The highest BCUT2D eigenvalue weighted by Gasteiger charge is 2.18. The number of carbonyl (C=O) groups is 1. The van der Waals surface area contributed by atoms with Gasteiger partial charge in [0.15, 0.2) is 11.6 Å². The molecule has 0 unspecified atom stereocenters. The van der Waals surface area contributed by atoms with Crippen LogP contribution in [0.5, 0.6) is 0 Å². The lowest BCUT2D eigenvalue weighted by Crippen LogP contribution is -2.27. The number of nitrogen functional groups attached to an aromatic ring is 1. The second kappa shape index (κ2) is 5.65. The van der Waals surface area contributed by atoms with Gasteiger partial charge in [-0.2, -0.15) is 0 Å². The molecule has 0 aliphatic heterocycles. The van der Waals surface area contributed by atoms with Crippen LogP contribution in [0.4, 0.5) is 16.3 Å². The van der Waals surface area contributed by atoms with Crippen LogP contribution in [0.2, 0.25) is 5.02 Å². The highest BCUT2D eigenvalue weighted by Crippen LogP contribution is 2.31. The standard InChI is InChI=1S/C14H16ClN3O3/c1-14(2,3)20-13(19)17-10-6-8(15)4-5-9(10)11-7-12(16)18-21-11/h4-7H,1-3H3,(H2,16,18)(H,17,19). The summed E-state index contributed by atoms with van der Waals surface area (Å²) in [6.07, 6.45) is -0.585. The number of amides is 1. The van der Waals surface area contributed by atoms with Gasteiger partial charge < -0.3 is 15.0 Å². The molecule has 1 amide bonds. The molecule has 0 radical (unpaired) electrons. The third kappa shape index (κ3) is 4.13. The number of ether oxygens (including phenoxy) is 1. The maximum atomic E-state index is 11.9. The average molecular weight is 310 g/mol. The third-order valence-corrected chi connectivity index (χ3v) is 2.65. The van der Waals surface area contributed by atoms with E-state index in [-0.39, 0.29) is 5.82 Å². The number of nitrogens with zero attached hydrogens (tertiary/aromatic N) is 1. The molecule has 1 aromatic heterocycles. The second-order valence-electron chi connectivity index (χ2n) is 5.43. The Labute approximate surface area is 127 Å². The number of nitrogens with two attached hydrogens (primary N) is 1. The zero-order valence-corrected chi connectivity index (χ0v) is 12.7. The number of aromatic nitrogens is 1. The molecule has 1 heterocycles. The van der Waals surface area contributed by atoms with Crippen LogP contribution in [0.15, 0.2) is 28.8 Å². The maximum Gasteiger partial charge on any atom is 0.412 e. The number of nitrogens with one attached hydrogen (secondary N) is 1. The summed E-state index contributed by atoms with van der Waals surface area (Å²) in [5.41, 5.74) is 6.00. The summed E-state index contributed by atoms with van der Waals surface area (Å²) < 4.78 is 10.3. The van der Waals surface area contributed by atoms with Gasteiger partial charge in [-0.05, 0) is 39.0 Å². The van der Waals surface area contributed by atoms with Gasteiger partial charge in [0, 0.05) is 16.7 Å². The molecular weight excluding hydrogens is 294 g/mol. The molecule has 0 saturated heterocycles. The van der Waals surface area contributed by atoms with Gasteiger partial charge in [0.25, 0.3) is 0 Å². The summed E-state index contributed by atoms with van der Waals surface area (Å²) in [4.78, 5) is 11.9. The monoisotopic (exact) mass is 309 g/mol. The summed E-state index contributed by atoms with van der Waals surface area (Å²) in [7, 11) is 0. The topological polar surface area (TPSA) is 90.4 Å². The Hall–Kier alpha value is -2.21. The van der Waals surface area contributed by atoms with Gasteiger partial charge in [-0.15, -0.1) is 0 Å². The molecule has 0 aliphatic rings. The largest absolute Gasteiger partial charge is 0.444 e. The zero-order valence-electron chi connectivity index (χ0n) is 11.9. The molecule has 0 saturated carbocycles. The number of anilines is 2. The summed E-state index contributed by atoms with van der Waals surface area (Å²) in [6, 6.07) is 6.54. The van der Waals surface area contributed by atoms with E-state index in [9.17, 15) is 4.79 Å². The van der Waals surface area contributed by atoms with Crippen molar-refractivity contribution in [2.75, 3.05) is 11.1 Å². The Bertz CT molecular complexity index is 662. The fourth-order valence-electron chi connectivity index (χ4n) is 1.66. The number of carbonyl (C=O) groups excluding carboxylic acids is 1. The van der Waals surface area contributed by atoms with Crippen molar-refractivity contribution in [3.05, 3.63) is 29.3 Å². The van der Waals surface area contributed by atoms with Gasteiger partial charge in [-0.1, -0.05) is 16.8 Å². The van der Waals surface area contributed by atoms with Crippen LogP contribution >= 0.6 is 11.6 Å². The molecule has 3 N–H and O–H groups in total. The van der Waals surface area contributed by atoms with Crippen molar-refractivity contribution in [1.29, 1.82) is 0 Å². The average Bonchev–Trinajstić information content (AvgIpc) is 2.73. The summed E-state index contributed by atoms with van der Waals surface area (Å²) in [5, 5.41) is 6.73. The highest BCUT2D eigenvalue weighted by atomic mass is 35.5. The predicted octanol–water partition coefficient (Wildman–Crippen LogP) is 3.92. The predicted molar refractivity (Wildman–Crippen MR) is 81.2 cm³/mol. The highest BCUT2D eigenvalue weighted by molar-refractivity contribution is 6.31. The Morgan fingerprint density at radius 1 is 1.38 bits per heavy atom. The molecule has 2 aromatic rings. The van der Waals surface area contributed by atoms with E-state index in [2.05, 4.69) is 10.5 Å². The summed E-state index contributed by atoms with van der Waals surface area (Å²) in [6.45, 7) is 5.34. The molecule has 0 atom stereocenters. The summed E-state index contributed by atoms with van der Waals surface area (Å²) in [5.74, 6) is 0.679. The first-order valence-electron chi connectivity index (χ1n) is 6.27. The molecule has 0 spiro atoms. The SMILES string of the molecule is CC(C)(C)OC(=O)Nc1cc(Cl)ccc1-c1cc(N)no1. The number of benzene rings is 1. The maximum absolute atomic E-state index is 11.9. The van der Waals surface area contributed by atoms with E-state index in [1.807, 2.05) is 0 Å². The molecular formula is C14H16ClN3O3. The van der Waals surface area contributed by atoms with E-state index in [1.54, 1.807) is 45.0 Å². The van der Waals surface area contributed by atoms with Crippen molar-refractivity contribution in [2.45, 2.75) is 26.4 Å². The van der Waals surface area contributed by atoms with Gasteiger partial charge in [-0.3, -0.25) is 5.32 Å². The molecule has 1 aromatic carbocycles. The normalized spacial score (nSPS) is 11.2. The first kappa shape index (κ1) is 15.2. The van der Waals surface area contributed by atoms with Crippen LogP contribution in [-0.4, -0.2) is 16.9 Å². The molecule has 21 heavy (non-hydrogen) atoms. The number of halogens is 1. The van der Waals surface area contributed by atoms with Gasteiger partial charge >= 0.3 is 6.09 Å². The number of rotatable bonds is 2. The van der Waals surface area contributed by atoms with E-state index in [1.165, 1.54) is 0 Å². The first-order valence-corrected chi connectivity index (χ1v) is 6.64. The number of hydrogen-bond acceptors (Lipinski definition) is 5. The zero-order chi connectivity index (χ0) is 15.6. The van der Waals surface area contributed by atoms with E-state index in [0.717, 1.165) is 0 Å². The molecule has 0 bridgehead atoms.